The molecule has 0 aliphatic carbocycles. The van der Waals surface area contributed by atoms with Gasteiger partial charge < -0.3 is 14.5 Å². The fourth-order valence-corrected chi connectivity index (χ4v) is 3.87. The molecule has 0 spiro atoms. The van der Waals surface area contributed by atoms with Crippen molar-refractivity contribution >= 4 is 28.1 Å². The van der Waals surface area contributed by atoms with E-state index in [2.05, 4.69) is 23.5 Å². The van der Waals surface area contributed by atoms with Crippen molar-refractivity contribution in [2.75, 3.05) is 11.9 Å². The van der Waals surface area contributed by atoms with E-state index >= 15 is 0 Å². The Hall–Kier alpha value is -3.79. The van der Waals surface area contributed by atoms with Gasteiger partial charge in [0.2, 0.25) is 5.91 Å². The molecule has 4 rings (SSSR count). The van der Waals surface area contributed by atoms with Crippen LogP contribution in [0.3, 0.4) is 0 Å². The first-order valence-electron chi connectivity index (χ1n) is 10.8. The molecule has 162 valence electrons. The molecule has 0 aliphatic heterocycles. The second-order valence-corrected chi connectivity index (χ2v) is 7.89. The van der Waals surface area contributed by atoms with Gasteiger partial charge in [-0.25, -0.2) is 0 Å². The van der Waals surface area contributed by atoms with E-state index in [1.54, 1.807) is 12.3 Å². The molecule has 0 fully saturated rings. The number of fused-ring (bicyclic) bond motifs is 1. The van der Waals surface area contributed by atoms with Gasteiger partial charge in [0.15, 0.2) is 0 Å². The molecule has 4 aromatic rings. The van der Waals surface area contributed by atoms with E-state index in [4.69, 9.17) is 9.15 Å². The van der Waals surface area contributed by atoms with Gasteiger partial charge in [0.05, 0.1) is 12.9 Å². The quantitative estimate of drug-likeness (QED) is 0.334. The Balaban J connectivity index is 1.77. The van der Waals surface area contributed by atoms with Crippen LogP contribution in [0, 0.1) is 13.8 Å². The van der Waals surface area contributed by atoms with Crippen molar-refractivity contribution < 1.29 is 13.9 Å². The Morgan fingerprint density at radius 1 is 1.06 bits per heavy atom. The van der Waals surface area contributed by atoms with E-state index in [0.29, 0.717) is 6.61 Å². The van der Waals surface area contributed by atoms with Crippen LogP contribution in [0.4, 0.5) is 5.69 Å². The van der Waals surface area contributed by atoms with Crippen LogP contribution in [0.2, 0.25) is 0 Å². The standard InChI is InChI=1S/C28H27NO3/c1-5-31-27-20(4)28-24(25(17-32-28)21-9-7-6-8-10-21)16-23(27)19(3)15-26(30)29-22-13-11-18(2)12-14-22/h6-17H,5H2,1-4H3,(H,29,30)/b19-15+. The zero-order valence-corrected chi connectivity index (χ0v) is 18.9. The number of rotatable bonds is 6. The number of hydrogen-bond acceptors (Lipinski definition) is 3. The van der Waals surface area contributed by atoms with Gasteiger partial charge in [-0.15, -0.1) is 0 Å². The molecule has 1 heterocycles. The minimum absolute atomic E-state index is 0.179. The molecule has 0 saturated heterocycles. The second-order valence-electron chi connectivity index (χ2n) is 7.89. The highest BCUT2D eigenvalue weighted by Crippen LogP contribution is 2.40. The molecule has 0 unspecified atom stereocenters. The van der Waals surface area contributed by atoms with Crippen LogP contribution >= 0.6 is 0 Å². The first kappa shape index (κ1) is 21.4. The lowest BCUT2D eigenvalue weighted by molar-refractivity contribution is -0.111. The van der Waals surface area contributed by atoms with Gasteiger partial charge >= 0.3 is 0 Å². The fourth-order valence-electron chi connectivity index (χ4n) is 3.87. The Morgan fingerprint density at radius 3 is 2.47 bits per heavy atom. The minimum atomic E-state index is -0.179. The first-order chi connectivity index (χ1) is 15.5. The lowest BCUT2D eigenvalue weighted by atomic mass is 9.96. The number of nitrogens with one attached hydrogen (secondary N) is 1. The molecule has 1 N–H and O–H groups in total. The smallest absolute Gasteiger partial charge is 0.248 e. The summed E-state index contributed by atoms with van der Waals surface area (Å²) in [6, 6.07) is 19.9. The summed E-state index contributed by atoms with van der Waals surface area (Å²) < 4.78 is 11.9. The Morgan fingerprint density at radius 2 is 1.78 bits per heavy atom. The van der Waals surface area contributed by atoms with Gasteiger partial charge in [-0.05, 0) is 57.0 Å². The van der Waals surface area contributed by atoms with Crippen molar-refractivity contribution in [2.24, 2.45) is 0 Å². The second kappa shape index (κ2) is 9.15. The topological polar surface area (TPSA) is 51.5 Å². The predicted octanol–water partition coefficient (Wildman–Crippen LogP) is 7.16. The molecule has 0 aliphatic rings. The summed E-state index contributed by atoms with van der Waals surface area (Å²) in [7, 11) is 0. The molecule has 1 aromatic heterocycles. The normalized spacial score (nSPS) is 11.6. The third kappa shape index (κ3) is 4.30. The number of anilines is 1. The van der Waals surface area contributed by atoms with Gasteiger partial charge in [0.1, 0.15) is 11.3 Å². The van der Waals surface area contributed by atoms with Crippen LogP contribution < -0.4 is 10.1 Å². The molecule has 4 nitrogen and oxygen atoms in total. The van der Waals surface area contributed by atoms with Crippen LogP contribution in [0.1, 0.15) is 30.5 Å². The first-order valence-corrected chi connectivity index (χ1v) is 10.8. The number of furan rings is 1. The zero-order valence-electron chi connectivity index (χ0n) is 18.9. The van der Waals surface area contributed by atoms with Crippen LogP contribution in [-0.2, 0) is 4.79 Å². The maximum atomic E-state index is 12.7. The van der Waals surface area contributed by atoms with Gasteiger partial charge in [0.25, 0.3) is 0 Å². The van der Waals surface area contributed by atoms with Crippen molar-refractivity contribution in [1.29, 1.82) is 0 Å². The maximum Gasteiger partial charge on any atom is 0.248 e. The molecule has 0 saturated carbocycles. The van der Waals surface area contributed by atoms with E-state index in [9.17, 15) is 4.79 Å². The molecule has 0 radical (unpaired) electrons. The highest BCUT2D eigenvalue weighted by Gasteiger charge is 2.19. The van der Waals surface area contributed by atoms with Crippen molar-refractivity contribution in [3.8, 4) is 16.9 Å². The summed E-state index contributed by atoms with van der Waals surface area (Å²) in [6.45, 7) is 8.42. The number of aryl methyl sites for hydroxylation is 2. The number of benzene rings is 3. The molecule has 3 aromatic carbocycles. The molecular formula is C28H27NO3. The summed E-state index contributed by atoms with van der Waals surface area (Å²) in [6.07, 6.45) is 3.40. The minimum Gasteiger partial charge on any atom is -0.493 e. The number of amides is 1. The summed E-state index contributed by atoms with van der Waals surface area (Å²) in [5.74, 6) is 0.563. The van der Waals surface area contributed by atoms with Gasteiger partial charge in [0, 0.05) is 33.8 Å². The van der Waals surface area contributed by atoms with Gasteiger partial charge in [-0.2, -0.15) is 0 Å². The average molecular weight is 426 g/mol. The van der Waals surface area contributed by atoms with Crippen LogP contribution in [0.15, 0.2) is 77.4 Å². The number of ether oxygens (including phenoxy) is 1. The van der Waals surface area contributed by atoms with E-state index in [1.807, 2.05) is 70.2 Å². The summed E-state index contributed by atoms with van der Waals surface area (Å²) in [5, 5.41) is 3.93. The number of hydrogen-bond donors (Lipinski definition) is 1. The lowest BCUT2D eigenvalue weighted by Crippen LogP contribution is -2.09. The molecule has 0 atom stereocenters. The van der Waals surface area contributed by atoms with Crippen molar-refractivity contribution in [3.63, 3.8) is 0 Å². The monoisotopic (exact) mass is 425 g/mol. The fraction of sp³-hybridized carbons (Fsp3) is 0.179. The van der Waals surface area contributed by atoms with Crippen LogP contribution in [0.5, 0.6) is 5.75 Å². The Kier molecular flexibility index (Phi) is 6.13. The third-order valence-corrected chi connectivity index (χ3v) is 5.51. The van der Waals surface area contributed by atoms with Crippen molar-refractivity contribution in [3.05, 3.63) is 89.7 Å². The maximum absolute atomic E-state index is 12.7. The number of allylic oxidation sites excluding steroid dienone is 1. The molecular weight excluding hydrogens is 398 g/mol. The van der Waals surface area contributed by atoms with E-state index < -0.39 is 0 Å². The third-order valence-electron chi connectivity index (χ3n) is 5.51. The van der Waals surface area contributed by atoms with E-state index in [-0.39, 0.29) is 5.91 Å². The lowest BCUT2D eigenvalue weighted by Gasteiger charge is -2.15. The molecule has 1 amide bonds. The average Bonchev–Trinajstić information content (AvgIpc) is 3.22. The molecule has 0 bridgehead atoms. The highest BCUT2D eigenvalue weighted by molar-refractivity contribution is 6.06. The molecule has 4 heteroatoms. The Labute approximate surface area is 188 Å². The number of carbonyl (C=O) groups is 1. The van der Waals surface area contributed by atoms with Crippen molar-refractivity contribution in [1.82, 2.24) is 0 Å². The summed E-state index contributed by atoms with van der Waals surface area (Å²) in [5.41, 5.74) is 7.44. The molecule has 32 heavy (non-hydrogen) atoms. The predicted molar refractivity (Wildman–Crippen MR) is 131 cm³/mol. The highest BCUT2D eigenvalue weighted by atomic mass is 16.5. The zero-order chi connectivity index (χ0) is 22.7. The van der Waals surface area contributed by atoms with Crippen molar-refractivity contribution in [2.45, 2.75) is 27.7 Å². The van der Waals surface area contributed by atoms with Crippen LogP contribution in [0.25, 0.3) is 27.7 Å². The number of carbonyl (C=O) groups excluding carboxylic acids is 1. The van der Waals surface area contributed by atoms with Crippen LogP contribution in [-0.4, -0.2) is 12.5 Å². The Bertz CT molecular complexity index is 1280. The summed E-state index contributed by atoms with van der Waals surface area (Å²) in [4.78, 5) is 12.7. The SMILES string of the molecule is CCOc1c(/C(C)=C/C(=O)Nc2ccc(C)cc2)cc2c(-c3ccccc3)coc2c1C. The largest absolute Gasteiger partial charge is 0.493 e. The van der Waals surface area contributed by atoms with Gasteiger partial charge in [-0.3, -0.25) is 4.79 Å². The summed E-state index contributed by atoms with van der Waals surface area (Å²) >= 11 is 0. The van der Waals surface area contributed by atoms with E-state index in [0.717, 1.165) is 55.8 Å². The van der Waals surface area contributed by atoms with Gasteiger partial charge in [-0.1, -0.05) is 48.0 Å². The van der Waals surface area contributed by atoms with E-state index in [1.165, 1.54) is 0 Å².